The Kier molecular flexibility index (Phi) is 4.99. The van der Waals surface area contributed by atoms with Crippen LogP contribution in [0, 0.1) is 0 Å². The van der Waals surface area contributed by atoms with Gasteiger partial charge in [0.15, 0.2) is 5.75 Å². The number of aromatic nitrogens is 1. The standard InChI is InChI=1S/C19H18N2O4/c1-13(21-19(23)24-12-14-7-3-2-4-8-14)18(22)25-17-11-20-16-10-6-5-9-15(16)17/h2-11,13,20H,12H2,1H3,(H,21,23). The molecule has 0 aliphatic carbocycles. The van der Waals surface area contributed by atoms with E-state index in [4.69, 9.17) is 9.47 Å². The van der Waals surface area contributed by atoms with Crippen molar-refractivity contribution in [2.24, 2.45) is 0 Å². The second kappa shape index (κ2) is 7.53. The Morgan fingerprint density at radius 2 is 1.80 bits per heavy atom. The Morgan fingerprint density at radius 1 is 1.08 bits per heavy atom. The Balaban J connectivity index is 1.53. The van der Waals surface area contributed by atoms with Gasteiger partial charge in [0.05, 0.1) is 0 Å². The fourth-order valence-electron chi connectivity index (χ4n) is 2.33. The van der Waals surface area contributed by atoms with Crippen LogP contribution in [0.15, 0.2) is 60.8 Å². The molecular weight excluding hydrogens is 320 g/mol. The van der Waals surface area contributed by atoms with Crippen molar-refractivity contribution in [2.75, 3.05) is 0 Å². The first-order valence-electron chi connectivity index (χ1n) is 7.88. The smallest absolute Gasteiger partial charge is 0.408 e. The molecule has 0 fully saturated rings. The lowest BCUT2D eigenvalue weighted by Gasteiger charge is -2.13. The third-order valence-corrected chi connectivity index (χ3v) is 3.66. The summed E-state index contributed by atoms with van der Waals surface area (Å²) in [5.41, 5.74) is 1.74. The first-order valence-corrected chi connectivity index (χ1v) is 7.88. The van der Waals surface area contributed by atoms with Gasteiger partial charge in [0.1, 0.15) is 12.6 Å². The van der Waals surface area contributed by atoms with Gasteiger partial charge in [-0.05, 0) is 24.6 Å². The lowest BCUT2D eigenvalue weighted by molar-refractivity contribution is -0.136. The van der Waals surface area contributed by atoms with E-state index in [-0.39, 0.29) is 6.61 Å². The van der Waals surface area contributed by atoms with E-state index in [9.17, 15) is 9.59 Å². The van der Waals surface area contributed by atoms with Crippen molar-refractivity contribution >= 4 is 23.0 Å². The maximum Gasteiger partial charge on any atom is 0.408 e. The second-order valence-corrected chi connectivity index (χ2v) is 5.55. The minimum atomic E-state index is -0.836. The van der Waals surface area contributed by atoms with Gasteiger partial charge in [0.2, 0.25) is 0 Å². The number of fused-ring (bicyclic) bond motifs is 1. The van der Waals surface area contributed by atoms with Crippen LogP contribution in [0.3, 0.4) is 0 Å². The number of nitrogens with one attached hydrogen (secondary N) is 2. The summed E-state index contributed by atoms with van der Waals surface area (Å²) < 4.78 is 10.4. The third-order valence-electron chi connectivity index (χ3n) is 3.66. The number of hydrogen-bond acceptors (Lipinski definition) is 4. The quantitative estimate of drug-likeness (QED) is 0.699. The molecule has 1 unspecified atom stereocenters. The summed E-state index contributed by atoms with van der Waals surface area (Å²) >= 11 is 0. The van der Waals surface area contributed by atoms with Crippen LogP contribution in [-0.4, -0.2) is 23.1 Å². The number of hydrogen-bond donors (Lipinski definition) is 2. The second-order valence-electron chi connectivity index (χ2n) is 5.55. The number of H-pyrrole nitrogens is 1. The predicted molar refractivity (Wildman–Crippen MR) is 93.2 cm³/mol. The van der Waals surface area contributed by atoms with Gasteiger partial charge in [0.25, 0.3) is 0 Å². The average Bonchev–Trinajstić information content (AvgIpc) is 3.04. The molecule has 3 aromatic rings. The highest BCUT2D eigenvalue weighted by atomic mass is 16.6. The SMILES string of the molecule is CC(NC(=O)OCc1ccccc1)C(=O)Oc1c[nH]c2ccccc12. The van der Waals surface area contributed by atoms with Crippen LogP contribution in [-0.2, 0) is 16.1 Å². The monoisotopic (exact) mass is 338 g/mol. The van der Waals surface area contributed by atoms with Gasteiger partial charge in [-0.3, -0.25) is 0 Å². The van der Waals surface area contributed by atoms with Crippen LogP contribution in [0.25, 0.3) is 10.9 Å². The molecule has 6 heteroatoms. The lowest BCUT2D eigenvalue weighted by Crippen LogP contribution is -2.41. The zero-order chi connectivity index (χ0) is 17.6. The number of aromatic amines is 1. The third kappa shape index (κ3) is 4.17. The van der Waals surface area contributed by atoms with Crippen LogP contribution in [0.2, 0.25) is 0 Å². The Hall–Kier alpha value is -3.28. The van der Waals surface area contributed by atoms with Gasteiger partial charge in [-0.1, -0.05) is 42.5 Å². The molecule has 1 heterocycles. The molecule has 0 bridgehead atoms. The summed E-state index contributed by atoms with van der Waals surface area (Å²) in [6.07, 6.45) is 0.940. The van der Waals surface area contributed by atoms with Crippen molar-refractivity contribution in [3.63, 3.8) is 0 Å². The summed E-state index contributed by atoms with van der Waals surface area (Å²) in [5, 5.41) is 3.27. The molecular formula is C19H18N2O4. The summed E-state index contributed by atoms with van der Waals surface area (Å²) in [4.78, 5) is 27.0. The molecule has 2 N–H and O–H groups in total. The molecule has 1 aromatic heterocycles. The number of carbonyl (C=O) groups excluding carboxylic acids is 2. The summed E-state index contributed by atoms with van der Waals surface area (Å²) in [7, 11) is 0. The van der Waals surface area contributed by atoms with Gasteiger partial charge in [-0.2, -0.15) is 0 Å². The topological polar surface area (TPSA) is 80.4 Å². The zero-order valence-electron chi connectivity index (χ0n) is 13.7. The van der Waals surface area contributed by atoms with Crippen LogP contribution >= 0.6 is 0 Å². The fourth-order valence-corrected chi connectivity index (χ4v) is 2.33. The summed E-state index contributed by atoms with van der Waals surface area (Å²) in [6.45, 7) is 1.68. The molecule has 25 heavy (non-hydrogen) atoms. The van der Waals surface area contributed by atoms with Crippen molar-refractivity contribution in [3.05, 3.63) is 66.4 Å². The Labute approximate surface area is 144 Å². The van der Waals surface area contributed by atoms with E-state index in [1.54, 1.807) is 13.1 Å². The van der Waals surface area contributed by atoms with Crippen LogP contribution in [0.5, 0.6) is 5.75 Å². The highest BCUT2D eigenvalue weighted by Crippen LogP contribution is 2.25. The predicted octanol–water partition coefficient (Wildman–Crippen LogP) is 3.39. The number of carbonyl (C=O) groups is 2. The lowest BCUT2D eigenvalue weighted by atomic mass is 10.2. The van der Waals surface area contributed by atoms with Gasteiger partial charge >= 0.3 is 12.1 Å². The molecule has 1 atom stereocenters. The summed E-state index contributed by atoms with van der Waals surface area (Å²) in [6, 6.07) is 15.9. The highest BCUT2D eigenvalue weighted by molar-refractivity contribution is 5.90. The molecule has 3 rings (SSSR count). The van der Waals surface area contributed by atoms with Crippen LogP contribution in [0.1, 0.15) is 12.5 Å². The number of alkyl carbamates (subject to hydrolysis) is 1. The highest BCUT2D eigenvalue weighted by Gasteiger charge is 2.20. The van der Waals surface area contributed by atoms with Crippen molar-refractivity contribution < 1.29 is 19.1 Å². The zero-order valence-corrected chi connectivity index (χ0v) is 13.7. The number of amides is 1. The van der Waals surface area contributed by atoms with Crippen LogP contribution in [0.4, 0.5) is 4.79 Å². The largest absolute Gasteiger partial charge is 0.445 e. The molecule has 0 aliphatic rings. The molecule has 0 saturated carbocycles. The summed E-state index contributed by atoms with van der Waals surface area (Å²) in [5.74, 6) is -0.145. The molecule has 6 nitrogen and oxygen atoms in total. The molecule has 2 aromatic carbocycles. The molecule has 0 spiro atoms. The first-order chi connectivity index (χ1) is 12.1. The Morgan fingerprint density at radius 3 is 2.60 bits per heavy atom. The van der Waals surface area contributed by atoms with Gasteiger partial charge in [-0.25, -0.2) is 9.59 Å². The Bertz CT molecular complexity index is 873. The number of para-hydroxylation sites is 1. The first kappa shape index (κ1) is 16.6. The van der Waals surface area contributed by atoms with E-state index >= 15 is 0 Å². The van der Waals surface area contributed by atoms with Crippen LogP contribution < -0.4 is 10.1 Å². The maximum atomic E-state index is 12.2. The normalized spacial score (nSPS) is 11.7. The maximum absolute atomic E-state index is 12.2. The molecule has 0 saturated heterocycles. The minimum absolute atomic E-state index is 0.136. The van der Waals surface area contributed by atoms with E-state index in [0.717, 1.165) is 16.5 Å². The molecule has 0 aliphatic heterocycles. The van der Waals surface area contributed by atoms with Gasteiger partial charge < -0.3 is 19.8 Å². The molecule has 1 amide bonds. The van der Waals surface area contributed by atoms with Crippen molar-refractivity contribution in [2.45, 2.75) is 19.6 Å². The fraction of sp³-hybridized carbons (Fsp3) is 0.158. The van der Waals surface area contributed by atoms with E-state index < -0.39 is 18.1 Å². The van der Waals surface area contributed by atoms with E-state index in [1.165, 1.54) is 0 Å². The number of esters is 1. The molecule has 128 valence electrons. The van der Waals surface area contributed by atoms with Gasteiger partial charge in [0, 0.05) is 17.1 Å². The van der Waals surface area contributed by atoms with Gasteiger partial charge in [-0.15, -0.1) is 0 Å². The van der Waals surface area contributed by atoms with E-state index in [1.807, 2.05) is 54.6 Å². The van der Waals surface area contributed by atoms with E-state index in [2.05, 4.69) is 10.3 Å². The number of rotatable bonds is 5. The number of benzene rings is 2. The van der Waals surface area contributed by atoms with E-state index in [0.29, 0.717) is 5.75 Å². The van der Waals surface area contributed by atoms with Crippen molar-refractivity contribution in [3.8, 4) is 5.75 Å². The average molecular weight is 338 g/mol. The minimum Gasteiger partial charge on any atom is -0.445 e. The number of ether oxygens (including phenoxy) is 2. The van der Waals surface area contributed by atoms with Crippen molar-refractivity contribution in [1.82, 2.24) is 10.3 Å². The van der Waals surface area contributed by atoms with Crippen molar-refractivity contribution in [1.29, 1.82) is 0 Å². The molecule has 0 radical (unpaired) electrons.